The number of likely N-dealkylation sites (tertiary alicyclic amines) is 1. The Hall–Kier alpha value is -1.84. The lowest BCUT2D eigenvalue weighted by molar-refractivity contribution is -0.125. The van der Waals surface area contributed by atoms with Crippen LogP contribution in [0.3, 0.4) is 0 Å². The molecular formula is C24H28ClNO2. The van der Waals surface area contributed by atoms with E-state index in [4.69, 9.17) is 16.3 Å². The lowest BCUT2D eigenvalue weighted by Gasteiger charge is -2.52. The number of carbonyl (C=O) groups excluding carboxylic acids is 1. The van der Waals surface area contributed by atoms with Gasteiger partial charge in [-0.3, -0.25) is 9.69 Å². The van der Waals surface area contributed by atoms with Crippen molar-refractivity contribution in [3.05, 3.63) is 64.7 Å². The van der Waals surface area contributed by atoms with E-state index in [1.807, 2.05) is 18.2 Å². The van der Waals surface area contributed by atoms with Gasteiger partial charge in [-0.25, -0.2) is 0 Å². The lowest BCUT2D eigenvalue weighted by Crippen LogP contribution is -2.53. The molecule has 0 bridgehead atoms. The number of halogens is 1. The number of piperidine rings is 1. The minimum Gasteiger partial charge on any atom is -0.497 e. The van der Waals surface area contributed by atoms with Gasteiger partial charge in [0, 0.05) is 35.9 Å². The Morgan fingerprint density at radius 2 is 2.04 bits per heavy atom. The van der Waals surface area contributed by atoms with Gasteiger partial charge >= 0.3 is 0 Å². The molecule has 0 N–H and O–H groups in total. The van der Waals surface area contributed by atoms with Gasteiger partial charge < -0.3 is 4.74 Å². The Kier molecular flexibility index (Phi) is 5.48. The average molecular weight is 398 g/mol. The Morgan fingerprint density at radius 1 is 1.21 bits per heavy atom. The van der Waals surface area contributed by atoms with Crippen LogP contribution in [0.25, 0.3) is 0 Å². The summed E-state index contributed by atoms with van der Waals surface area (Å²) in [5, 5.41) is 0.832. The fourth-order valence-corrected chi connectivity index (χ4v) is 5.54. The third-order valence-corrected chi connectivity index (χ3v) is 7.26. The molecule has 2 aromatic carbocycles. The summed E-state index contributed by atoms with van der Waals surface area (Å²) < 4.78 is 5.47. The van der Waals surface area contributed by atoms with Crippen LogP contribution < -0.4 is 4.74 Å². The molecule has 0 amide bonds. The van der Waals surface area contributed by atoms with E-state index in [1.54, 1.807) is 7.11 Å². The van der Waals surface area contributed by atoms with Crippen LogP contribution in [0.4, 0.5) is 0 Å². The van der Waals surface area contributed by atoms with Gasteiger partial charge in [0.1, 0.15) is 11.5 Å². The zero-order valence-corrected chi connectivity index (χ0v) is 17.4. The molecule has 2 aliphatic rings. The van der Waals surface area contributed by atoms with Gasteiger partial charge in [-0.05, 0) is 61.6 Å². The molecule has 3 atom stereocenters. The van der Waals surface area contributed by atoms with Crippen molar-refractivity contribution in [1.82, 2.24) is 4.90 Å². The fraction of sp³-hybridized carbons (Fsp3) is 0.458. The highest BCUT2D eigenvalue weighted by atomic mass is 35.5. The quantitative estimate of drug-likeness (QED) is 0.689. The Bertz CT molecular complexity index is 867. The van der Waals surface area contributed by atoms with Crippen molar-refractivity contribution in [3.63, 3.8) is 0 Å². The van der Waals surface area contributed by atoms with Crippen LogP contribution in [0.15, 0.2) is 48.5 Å². The largest absolute Gasteiger partial charge is 0.497 e. The first-order chi connectivity index (χ1) is 13.5. The zero-order chi connectivity index (χ0) is 19.7. The first-order valence-electron chi connectivity index (χ1n) is 10.2. The first-order valence-corrected chi connectivity index (χ1v) is 10.6. The van der Waals surface area contributed by atoms with E-state index in [1.165, 1.54) is 11.1 Å². The van der Waals surface area contributed by atoms with Crippen molar-refractivity contribution < 1.29 is 9.53 Å². The number of fused-ring (bicyclic) bond motifs is 1. The van der Waals surface area contributed by atoms with Gasteiger partial charge in [-0.1, -0.05) is 41.9 Å². The number of carbonyl (C=O) groups is 1. The third kappa shape index (κ3) is 3.46. The van der Waals surface area contributed by atoms with Crippen LogP contribution in [0.5, 0.6) is 5.75 Å². The molecule has 1 aliphatic heterocycles. The van der Waals surface area contributed by atoms with Crippen molar-refractivity contribution in [2.75, 3.05) is 20.2 Å². The summed E-state index contributed by atoms with van der Waals surface area (Å²) in [6.45, 7) is 4.21. The number of ketones is 1. The molecule has 4 rings (SSSR count). The molecule has 2 fully saturated rings. The molecule has 2 aromatic rings. The molecule has 28 heavy (non-hydrogen) atoms. The van der Waals surface area contributed by atoms with Crippen molar-refractivity contribution in [3.8, 4) is 5.75 Å². The van der Waals surface area contributed by atoms with E-state index in [-0.39, 0.29) is 11.5 Å². The third-order valence-electron chi connectivity index (χ3n) is 6.91. The Morgan fingerprint density at radius 3 is 2.82 bits per heavy atom. The van der Waals surface area contributed by atoms with Crippen LogP contribution in [-0.4, -0.2) is 30.9 Å². The Labute approximate surface area is 172 Å². The van der Waals surface area contributed by atoms with E-state index in [2.05, 4.69) is 42.2 Å². The minimum absolute atomic E-state index is 0.0689. The number of nitrogens with zero attached hydrogens (tertiary/aromatic N) is 1. The van der Waals surface area contributed by atoms with Crippen LogP contribution in [-0.2, 0) is 10.2 Å². The van der Waals surface area contributed by atoms with E-state index in [0.717, 1.165) is 36.7 Å². The van der Waals surface area contributed by atoms with Crippen molar-refractivity contribution in [2.45, 2.75) is 44.1 Å². The van der Waals surface area contributed by atoms with E-state index in [0.29, 0.717) is 24.5 Å². The van der Waals surface area contributed by atoms with Crippen molar-refractivity contribution in [2.24, 2.45) is 5.92 Å². The topological polar surface area (TPSA) is 29.5 Å². The second-order valence-electron chi connectivity index (χ2n) is 8.28. The van der Waals surface area contributed by atoms with Crippen molar-refractivity contribution in [1.29, 1.82) is 0 Å². The predicted molar refractivity (Wildman–Crippen MR) is 113 cm³/mol. The van der Waals surface area contributed by atoms with Crippen LogP contribution in [0.2, 0.25) is 5.02 Å². The number of ether oxygens (including phenoxy) is 1. The molecule has 0 spiro atoms. The van der Waals surface area contributed by atoms with E-state index < -0.39 is 0 Å². The molecular weight excluding hydrogens is 370 g/mol. The second-order valence-corrected chi connectivity index (χ2v) is 8.69. The maximum absolute atomic E-state index is 12.5. The van der Waals surface area contributed by atoms with Gasteiger partial charge in [0.05, 0.1) is 7.11 Å². The molecule has 1 aliphatic carbocycles. The minimum atomic E-state index is -0.0689. The predicted octanol–water partition coefficient (Wildman–Crippen LogP) is 5.42. The zero-order valence-electron chi connectivity index (χ0n) is 16.7. The van der Waals surface area contributed by atoms with Gasteiger partial charge in [0.15, 0.2) is 0 Å². The number of Topliss-reactive ketones (excluding diaryl/α,β-unsaturated/α-hetero) is 1. The summed E-state index contributed by atoms with van der Waals surface area (Å²) in [7, 11) is 1.70. The van der Waals surface area contributed by atoms with Gasteiger partial charge in [-0.15, -0.1) is 0 Å². The van der Waals surface area contributed by atoms with Crippen LogP contribution in [0.1, 0.15) is 49.8 Å². The number of hydrogen-bond donors (Lipinski definition) is 0. The lowest BCUT2D eigenvalue weighted by atomic mass is 9.58. The van der Waals surface area contributed by atoms with Gasteiger partial charge in [0.25, 0.3) is 0 Å². The second kappa shape index (κ2) is 7.88. The summed E-state index contributed by atoms with van der Waals surface area (Å²) in [6, 6.07) is 16.8. The molecule has 1 saturated carbocycles. The highest BCUT2D eigenvalue weighted by Crippen LogP contribution is 2.49. The number of hydrogen-bond acceptors (Lipinski definition) is 3. The molecule has 1 saturated heterocycles. The summed E-state index contributed by atoms with van der Waals surface area (Å²) >= 11 is 6.47. The molecule has 0 aromatic heterocycles. The smallest absolute Gasteiger partial charge is 0.133 e. The highest BCUT2D eigenvalue weighted by Gasteiger charge is 2.48. The standard InChI is InChI=1S/C24H28ClNO2/c1-17(22-8-3-4-9-23(22)25)26-13-12-24(15-20(27)11-10-19(24)16-26)18-6-5-7-21(14-18)28-2/h3-9,14,17,19H,10-13,15-16H2,1-2H3. The van der Waals surface area contributed by atoms with Crippen LogP contribution in [0, 0.1) is 5.92 Å². The summed E-state index contributed by atoms with van der Waals surface area (Å²) in [4.78, 5) is 15.0. The van der Waals surface area contributed by atoms with E-state index in [9.17, 15) is 4.79 Å². The monoisotopic (exact) mass is 397 g/mol. The first kappa shape index (κ1) is 19.5. The number of methoxy groups -OCH3 is 1. The average Bonchev–Trinajstić information content (AvgIpc) is 2.73. The van der Waals surface area contributed by atoms with Gasteiger partial charge in [-0.2, -0.15) is 0 Å². The molecule has 148 valence electrons. The summed E-state index contributed by atoms with van der Waals surface area (Å²) in [5.41, 5.74) is 2.38. The highest BCUT2D eigenvalue weighted by molar-refractivity contribution is 6.31. The van der Waals surface area contributed by atoms with E-state index >= 15 is 0 Å². The SMILES string of the molecule is COc1cccc(C23CCN(C(C)c4ccccc4Cl)CC2CCC(=O)C3)c1. The maximum Gasteiger partial charge on any atom is 0.133 e. The molecule has 3 unspecified atom stereocenters. The molecule has 4 heteroatoms. The van der Waals surface area contributed by atoms with Gasteiger partial charge in [0.2, 0.25) is 0 Å². The number of rotatable bonds is 4. The number of benzene rings is 2. The normalized spacial score (nSPS) is 26.5. The fourth-order valence-electron chi connectivity index (χ4n) is 5.25. The molecule has 0 radical (unpaired) electrons. The van der Waals surface area contributed by atoms with Crippen LogP contribution >= 0.6 is 11.6 Å². The Balaban J connectivity index is 1.63. The summed E-state index contributed by atoms with van der Waals surface area (Å²) in [5.74, 6) is 1.73. The molecule has 3 nitrogen and oxygen atoms in total. The molecule has 1 heterocycles. The van der Waals surface area contributed by atoms with Crippen molar-refractivity contribution >= 4 is 17.4 Å². The maximum atomic E-state index is 12.5. The summed E-state index contributed by atoms with van der Waals surface area (Å²) in [6.07, 6.45) is 3.30.